The summed E-state index contributed by atoms with van der Waals surface area (Å²) in [5.41, 5.74) is 3.06. The molecule has 0 spiro atoms. The van der Waals surface area contributed by atoms with Gasteiger partial charge >= 0.3 is 0 Å². The second kappa shape index (κ2) is 6.23. The van der Waals surface area contributed by atoms with Crippen LogP contribution in [0.3, 0.4) is 0 Å². The van der Waals surface area contributed by atoms with E-state index < -0.39 is 0 Å². The third-order valence-corrected chi connectivity index (χ3v) is 2.96. The van der Waals surface area contributed by atoms with Gasteiger partial charge in [-0.15, -0.1) is 0 Å². The van der Waals surface area contributed by atoms with Crippen LogP contribution in [0.2, 0.25) is 0 Å². The van der Waals surface area contributed by atoms with Gasteiger partial charge in [0.05, 0.1) is 7.11 Å². The smallest absolute Gasteiger partial charge is 0.224 e. The van der Waals surface area contributed by atoms with Crippen molar-refractivity contribution in [3.63, 3.8) is 0 Å². The molecule has 0 atom stereocenters. The highest BCUT2D eigenvalue weighted by atomic mass is 16.5. The molecule has 0 amide bonds. The van der Waals surface area contributed by atoms with Crippen LogP contribution >= 0.6 is 0 Å². The first kappa shape index (κ1) is 14.1. The SMILES string of the molecule is CCNc1ncc(C)c(Nc2ccc(OC)c(C)c2)n1. The number of nitrogens with zero attached hydrogens (tertiary/aromatic N) is 2. The zero-order valence-electron chi connectivity index (χ0n) is 12.3. The van der Waals surface area contributed by atoms with Gasteiger partial charge in [0.1, 0.15) is 11.6 Å². The molecule has 0 aliphatic rings. The van der Waals surface area contributed by atoms with Crippen molar-refractivity contribution >= 4 is 17.5 Å². The van der Waals surface area contributed by atoms with Gasteiger partial charge in [-0.05, 0) is 44.5 Å². The van der Waals surface area contributed by atoms with Crippen LogP contribution in [0.5, 0.6) is 5.75 Å². The molecule has 1 heterocycles. The largest absolute Gasteiger partial charge is 0.496 e. The minimum absolute atomic E-state index is 0.630. The average Bonchev–Trinajstić information content (AvgIpc) is 2.43. The first-order valence-electron chi connectivity index (χ1n) is 6.63. The molecule has 5 heteroatoms. The molecular weight excluding hydrogens is 252 g/mol. The predicted octanol–water partition coefficient (Wildman–Crippen LogP) is 3.28. The van der Waals surface area contributed by atoms with E-state index in [4.69, 9.17) is 4.74 Å². The lowest BCUT2D eigenvalue weighted by atomic mass is 10.2. The molecule has 1 aromatic carbocycles. The Hall–Kier alpha value is -2.30. The third-order valence-electron chi connectivity index (χ3n) is 2.96. The van der Waals surface area contributed by atoms with Gasteiger partial charge in [0.15, 0.2) is 0 Å². The van der Waals surface area contributed by atoms with Crippen LogP contribution in [0.25, 0.3) is 0 Å². The number of anilines is 3. The van der Waals surface area contributed by atoms with Gasteiger partial charge in [0, 0.05) is 24.0 Å². The summed E-state index contributed by atoms with van der Waals surface area (Å²) in [6.45, 7) is 6.81. The van der Waals surface area contributed by atoms with E-state index in [-0.39, 0.29) is 0 Å². The minimum Gasteiger partial charge on any atom is -0.496 e. The summed E-state index contributed by atoms with van der Waals surface area (Å²) in [7, 11) is 1.67. The summed E-state index contributed by atoms with van der Waals surface area (Å²) in [6.07, 6.45) is 1.81. The lowest BCUT2D eigenvalue weighted by Gasteiger charge is -2.12. The molecule has 2 N–H and O–H groups in total. The number of nitrogens with one attached hydrogen (secondary N) is 2. The molecule has 0 saturated carbocycles. The van der Waals surface area contributed by atoms with Crippen LogP contribution in [-0.2, 0) is 0 Å². The zero-order chi connectivity index (χ0) is 14.5. The van der Waals surface area contributed by atoms with Crippen LogP contribution < -0.4 is 15.4 Å². The number of rotatable bonds is 5. The molecule has 0 fully saturated rings. The lowest BCUT2D eigenvalue weighted by molar-refractivity contribution is 0.412. The summed E-state index contributed by atoms with van der Waals surface area (Å²) in [4.78, 5) is 8.70. The normalized spacial score (nSPS) is 10.2. The van der Waals surface area contributed by atoms with Crippen molar-refractivity contribution in [1.82, 2.24) is 9.97 Å². The summed E-state index contributed by atoms with van der Waals surface area (Å²) >= 11 is 0. The first-order chi connectivity index (χ1) is 9.63. The van der Waals surface area contributed by atoms with E-state index in [1.165, 1.54) is 0 Å². The van der Waals surface area contributed by atoms with E-state index in [9.17, 15) is 0 Å². The molecule has 0 bridgehead atoms. The Morgan fingerprint density at radius 2 is 2.00 bits per heavy atom. The fourth-order valence-electron chi connectivity index (χ4n) is 1.90. The third kappa shape index (κ3) is 3.17. The maximum absolute atomic E-state index is 5.26. The second-order valence-electron chi connectivity index (χ2n) is 4.56. The topological polar surface area (TPSA) is 59.1 Å². The molecule has 2 aromatic rings. The highest BCUT2D eigenvalue weighted by Crippen LogP contribution is 2.24. The summed E-state index contributed by atoms with van der Waals surface area (Å²) < 4.78 is 5.26. The van der Waals surface area contributed by atoms with Gasteiger partial charge in [-0.1, -0.05) is 0 Å². The number of ether oxygens (including phenoxy) is 1. The van der Waals surface area contributed by atoms with E-state index in [2.05, 4.69) is 20.6 Å². The van der Waals surface area contributed by atoms with Crippen molar-refractivity contribution in [3.8, 4) is 5.75 Å². The molecule has 0 unspecified atom stereocenters. The summed E-state index contributed by atoms with van der Waals surface area (Å²) in [5, 5.41) is 6.42. The van der Waals surface area contributed by atoms with E-state index >= 15 is 0 Å². The van der Waals surface area contributed by atoms with Gasteiger partial charge in [-0.3, -0.25) is 0 Å². The standard InChI is InChI=1S/C15H20N4O/c1-5-16-15-17-9-11(3)14(19-15)18-12-6-7-13(20-4)10(2)8-12/h6-9H,5H2,1-4H3,(H2,16,17,18,19). The van der Waals surface area contributed by atoms with Gasteiger partial charge in [-0.2, -0.15) is 4.98 Å². The Balaban J connectivity index is 2.24. The molecule has 106 valence electrons. The monoisotopic (exact) mass is 272 g/mol. The Bertz CT molecular complexity index is 598. The van der Waals surface area contributed by atoms with Gasteiger partial charge in [0.25, 0.3) is 0 Å². The van der Waals surface area contributed by atoms with Crippen molar-refractivity contribution in [1.29, 1.82) is 0 Å². The van der Waals surface area contributed by atoms with Crippen LogP contribution in [0.1, 0.15) is 18.1 Å². The number of hydrogen-bond acceptors (Lipinski definition) is 5. The van der Waals surface area contributed by atoms with E-state index in [1.54, 1.807) is 7.11 Å². The maximum atomic E-state index is 5.26. The van der Waals surface area contributed by atoms with Crippen molar-refractivity contribution in [2.45, 2.75) is 20.8 Å². The van der Waals surface area contributed by atoms with E-state index in [0.29, 0.717) is 5.95 Å². The first-order valence-corrected chi connectivity index (χ1v) is 6.63. The Kier molecular flexibility index (Phi) is 4.40. The second-order valence-corrected chi connectivity index (χ2v) is 4.56. The van der Waals surface area contributed by atoms with Crippen LogP contribution in [0.4, 0.5) is 17.5 Å². The molecule has 0 aliphatic carbocycles. The number of aromatic nitrogens is 2. The molecule has 2 rings (SSSR count). The minimum atomic E-state index is 0.630. The van der Waals surface area contributed by atoms with Gasteiger partial charge in [0.2, 0.25) is 5.95 Å². The Morgan fingerprint density at radius 1 is 1.20 bits per heavy atom. The Morgan fingerprint density at radius 3 is 2.65 bits per heavy atom. The molecule has 1 aromatic heterocycles. The highest BCUT2D eigenvalue weighted by molar-refractivity contribution is 5.62. The molecule has 0 saturated heterocycles. The number of aryl methyl sites for hydroxylation is 2. The zero-order valence-corrected chi connectivity index (χ0v) is 12.3. The number of methoxy groups -OCH3 is 1. The van der Waals surface area contributed by atoms with Gasteiger partial charge < -0.3 is 15.4 Å². The van der Waals surface area contributed by atoms with Crippen LogP contribution in [0.15, 0.2) is 24.4 Å². The molecular formula is C15H20N4O. The maximum Gasteiger partial charge on any atom is 0.224 e. The number of benzene rings is 1. The van der Waals surface area contributed by atoms with Crippen molar-refractivity contribution in [3.05, 3.63) is 35.5 Å². The Labute approximate surface area is 119 Å². The quantitative estimate of drug-likeness (QED) is 0.874. The summed E-state index contributed by atoms with van der Waals surface area (Å²) in [5.74, 6) is 2.31. The van der Waals surface area contributed by atoms with Crippen LogP contribution in [0, 0.1) is 13.8 Å². The molecule has 0 aliphatic heterocycles. The predicted molar refractivity (Wildman–Crippen MR) is 81.9 cm³/mol. The van der Waals surface area contributed by atoms with Crippen molar-refractivity contribution in [2.24, 2.45) is 0 Å². The van der Waals surface area contributed by atoms with Gasteiger partial charge in [-0.25, -0.2) is 4.98 Å². The fraction of sp³-hybridized carbons (Fsp3) is 0.333. The molecule has 5 nitrogen and oxygen atoms in total. The summed E-state index contributed by atoms with van der Waals surface area (Å²) in [6, 6.07) is 5.95. The van der Waals surface area contributed by atoms with Crippen LogP contribution in [-0.4, -0.2) is 23.6 Å². The molecule has 20 heavy (non-hydrogen) atoms. The highest BCUT2D eigenvalue weighted by Gasteiger charge is 2.05. The fourth-order valence-corrected chi connectivity index (χ4v) is 1.90. The van der Waals surface area contributed by atoms with E-state index in [1.807, 2.05) is 45.2 Å². The lowest BCUT2D eigenvalue weighted by Crippen LogP contribution is -2.05. The van der Waals surface area contributed by atoms with Crippen molar-refractivity contribution < 1.29 is 4.74 Å². The van der Waals surface area contributed by atoms with E-state index in [0.717, 1.165) is 34.9 Å². The molecule has 0 radical (unpaired) electrons. The average molecular weight is 272 g/mol. The van der Waals surface area contributed by atoms with Crippen molar-refractivity contribution in [2.75, 3.05) is 24.3 Å². The number of hydrogen-bond donors (Lipinski definition) is 2.